The average Bonchev–Trinajstić information content (AvgIpc) is 3.14. The molecule has 0 aromatic heterocycles. The number of ether oxygens (including phenoxy) is 1. The maximum Gasteiger partial charge on any atom is 0.280 e. The van der Waals surface area contributed by atoms with Crippen LogP contribution in [0.2, 0.25) is 0 Å². The van der Waals surface area contributed by atoms with Gasteiger partial charge in [-0.25, -0.2) is 0 Å². The van der Waals surface area contributed by atoms with E-state index in [4.69, 9.17) is 4.74 Å². The van der Waals surface area contributed by atoms with E-state index < -0.39 is 4.92 Å². The molecule has 0 N–H and O–H groups in total. The third-order valence-corrected chi connectivity index (χ3v) is 5.16. The number of para-hydroxylation sites is 1. The maximum absolute atomic E-state index is 13.1. The van der Waals surface area contributed by atoms with Gasteiger partial charge in [-0.1, -0.05) is 55.8 Å². The van der Waals surface area contributed by atoms with Crippen molar-refractivity contribution in [2.75, 3.05) is 5.01 Å². The summed E-state index contributed by atoms with van der Waals surface area (Å²) in [4.78, 5) is 23.6. The number of non-ortho nitro benzene ring substituents is 1. The fraction of sp³-hybridized carbons (Fsp3) is 0.154. The molecule has 0 spiro atoms. The fourth-order valence-electron chi connectivity index (χ4n) is 3.52. The van der Waals surface area contributed by atoms with Crippen molar-refractivity contribution in [1.82, 2.24) is 0 Å². The first-order valence-corrected chi connectivity index (χ1v) is 10.7. The van der Waals surface area contributed by atoms with Crippen molar-refractivity contribution in [2.24, 2.45) is 5.10 Å². The number of benzene rings is 3. The summed E-state index contributed by atoms with van der Waals surface area (Å²) in [7, 11) is 0. The number of carbonyl (C=O) groups is 1. The minimum atomic E-state index is -0.425. The Morgan fingerprint density at radius 1 is 1.03 bits per heavy atom. The van der Waals surface area contributed by atoms with Crippen LogP contribution in [0, 0.1) is 10.1 Å². The summed E-state index contributed by atoms with van der Waals surface area (Å²) >= 11 is 0. The molecule has 1 amide bonds. The number of anilines is 1. The maximum atomic E-state index is 13.1. The van der Waals surface area contributed by atoms with Crippen LogP contribution in [0.5, 0.6) is 5.75 Å². The lowest BCUT2D eigenvalue weighted by atomic mass is 10.0. The number of rotatable bonds is 8. The molecule has 3 aromatic carbocycles. The van der Waals surface area contributed by atoms with E-state index in [1.54, 1.807) is 12.1 Å². The van der Waals surface area contributed by atoms with Crippen molar-refractivity contribution < 1.29 is 14.5 Å². The topological polar surface area (TPSA) is 85.0 Å². The molecule has 166 valence electrons. The van der Waals surface area contributed by atoms with Crippen LogP contribution >= 0.6 is 0 Å². The molecule has 0 saturated heterocycles. The minimum absolute atomic E-state index is 0.0356. The predicted octanol–water partition coefficient (Wildman–Crippen LogP) is 5.76. The fourth-order valence-corrected chi connectivity index (χ4v) is 3.52. The summed E-state index contributed by atoms with van der Waals surface area (Å²) < 4.78 is 5.77. The van der Waals surface area contributed by atoms with E-state index >= 15 is 0 Å². The normalized spacial score (nSPS) is 14.5. The molecule has 0 unspecified atom stereocenters. The molecule has 0 radical (unpaired) electrons. The third-order valence-electron chi connectivity index (χ3n) is 5.16. The SMILES string of the molecule is CCCC1=NN(c2ccccc2)C(=O)C1=Cc1ccc(OCc2cccc([N+](=O)[O-])c2)cc1. The first-order chi connectivity index (χ1) is 16.0. The molecule has 7 nitrogen and oxygen atoms in total. The molecule has 1 aliphatic rings. The van der Waals surface area contributed by atoms with Crippen molar-refractivity contribution in [1.29, 1.82) is 0 Å². The van der Waals surface area contributed by atoms with Crippen LogP contribution in [0.4, 0.5) is 11.4 Å². The van der Waals surface area contributed by atoms with Crippen molar-refractivity contribution in [2.45, 2.75) is 26.4 Å². The molecule has 33 heavy (non-hydrogen) atoms. The smallest absolute Gasteiger partial charge is 0.280 e. The van der Waals surface area contributed by atoms with Crippen LogP contribution in [0.1, 0.15) is 30.9 Å². The van der Waals surface area contributed by atoms with Crippen molar-refractivity contribution >= 4 is 29.1 Å². The lowest BCUT2D eigenvalue weighted by molar-refractivity contribution is -0.384. The molecule has 0 fully saturated rings. The second-order valence-corrected chi connectivity index (χ2v) is 7.59. The van der Waals surface area contributed by atoms with Crippen molar-refractivity contribution in [3.8, 4) is 5.75 Å². The van der Waals surface area contributed by atoms with E-state index in [0.717, 1.165) is 23.4 Å². The quantitative estimate of drug-likeness (QED) is 0.253. The number of nitrogens with zero attached hydrogens (tertiary/aromatic N) is 3. The van der Waals surface area contributed by atoms with E-state index in [-0.39, 0.29) is 18.2 Å². The summed E-state index contributed by atoms with van der Waals surface area (Å²) in [5.41, 5.74) is 3.72. The molecule has 1 heterocycles. The monoisotopic (exact) mass is 441 g/mol. The van der Waals surface area contributed by atoms with E-state index in [1.165, 1.54) is 17.1 Å². The van der Waals surface area contributed by atoms with Crippen LogP contribution in [0.15, 0.2) is 89.5 Å². The van der Waals surface area contributed by atoms with Gasteiger partial charge in [-0.05, 0) is 47.9 Å². The molecular weight excluding hydrogens is 418 g/mol. The largest absolute Gasteiger partial charge is 0.489 e. The standard InChI is InChI=1S/C26H23N3O4/c1-2-7-25-24(26(30)28(27-25)21-9-4-3-5-10-21)17-19-12-14-23(15-13-19)33-18-20-8-6-11-22(16-20)29(31)32/h3-6,8-17H,2,7,18H2,1H3. The van der Waals surface area contributed by atoms with E-state index in [9.17, 15) is 14.9 Å². The van der Waals surface area contributed by atoms with Crippen molar-refractivity contribution in [3.05, 3.63) is 106 Å². The van der Waals surface area contributed by atoms with Gasteiger partial charge in [0.05, 0.1) is 21.9 Å². The Labute approximate surface area is 191 Å². The number of hydrazone groups is 1. The Hall–Kier alpha value is -4.26. The van der Waals surface area contributed by atoms with E-state index in [0.29, 0.717) is 23.3 Å². The van der Waals surface area contributed by atoms with Gasteiger partial charge in [0.25, 0.3) is 11.6 Å². The number of hydrogen-bond acceptors (Lipinski definition) is 5. The Bertz CT molecular complexity index is 1220. The third kappa shape index (κ3) is 5.15. The van der Waals surface area contributed by atoms with Gasteiger partial charge >= 0.3 is 0 Å². The second kappa shape index (κ2) is 9.91. The lowest BCUT2D eigenvalue weighted by Crippen LogP contribution is -2.21. The summed E-state index contributed by atoms with van der Waals surface area (Å²) in [6, 6.07) is 23.1. The molecule has 4 rings (SSSR count). The summed E-state index contributed by atoms with van der Waals surface area (Å²) in [6.45, 7) is 2.28. The van der Waals surface area contributed by atoms with Crippen LogP contribution in [0.3, 0.4) is 0 Å². The number of amides is 1. The molecule has 7 heteroatoms. The zero-order valence-corrected chi connectivity index (χ0v) is 18.2. The van der Waals surface area contributed by atoms with Crippen LogP contribution in [0.25, 0.3) is 6.08 Å². The molecule has 0 bridgehead atoms. The summed E-state index contributed by atoms with van der Waals surface area (Å²) in [5.74, 6) is 0.491. The zero-order valence-electron chi connectivity index (χ0n) is 18.2. The Morgan fingerprint density at radius 2 is 1.79 bits per heavy atom. The van der Waals surface area contributed by atoms with E-state index in [1.807, 2.05) is 60.7 Å². The first kappa shape index (κ1) is 22.0. The molecule has 0 saturated carbocycles. The Balaban J connectivity index is 1.48. The Morgan fingerprint density at radius 3 is 2.48 bits per heavy atom. The van der Waals surface area contributed by atoms with Gasteiger partial charge in [-0.2, -0.15) is 10.1 Å². The zero-order chi connectivity index (χ0) is 23.2. The molecule has 0 atom stereocenters. The van der Waals surface area contributed by atoms with Gasteiger partial charge in [-0.3, -0.25) is 14.9 Å². The number of nitro benzene ring substituents is 1. The first-order valence-electron chi connectivity index (χ1n) is 10.7. The highest BCUT2D eigenvalue weighted by Crippen LogP contribution is 2.27. The molecule has 0 aliphatic carbocycles. The van der Waals surface area contributed by atoms with Crippen LogP contribution in [-0.4, -0.2) is 16.5 Å². The number of hydrogen-bond donors (Lipinski definition) is 0. The van der Waals surface area contributed by atoms with Gasteiger partial charge < -0.3 is 4.74 Å². The van der Waals surface area contributed by atoms with Gasteiger partial charge in [0.1, 0.15) is 12.4 Å². The van der Waals surface area contributed by atoms with Crippen LogP contribution in [-0.2, 0) is 11.4 Å². The average molecular weight is 441 g/mol. The highest BCUT2D eigenvalue weighted by atomic mass is 16.6. The second-order valence-electron chi connectivity index (χ2n) is 7.59. The highest BCUT2D eigenvalue weighted by Gasteiger charge is 2.30. The highest BCUT2D eigenvalue weighted by molar-refractivity contribution is 6.32. The van der Waals surface area contributed by atoms with E-state index in [2.05, 4.69) is 12.0 Å². The summed E-state index contributed by atoms with van der Waals surface area (Å²) in [5, 5.41) is 16.9. The molecule has 1 aliphatic heterocycles. The molecule has 3 aromatic rings. The minimum Gasteiger partial charge on any atom is -0.489 e. The predicted molar refractivity (Wildman–Crippen MR) is 128 cm³/mol. The summed E-state index contributed by atoms with van der Waals surface area (Å²) in [6.07, 6.45) is 3.45. The van der Waals surface area contributed by atoms with Gasteiger partial charge in [0.2, 0.25) is 0 Å². The van der Waals surface area contributed by atoms with Gasteiger partial charge in [0.15, 0.2) is 0 Å². The van der Waals surface area contributed by atoms with Crippen LogP contribution < -0.4 is 9.75 Å². The lowest BCUT2D eigenvalue weighted by Gasteiger charge is -2.11. The number of carbonyl (C=O) groups excluding carboxylic acids is 1. The Kier molecular flexibility index (Phi) is 6.59. The number of nitro groups is 1. The molecular formula is C26H23N3O4. The van der Waals surface area contributed by atoms with Crippen molar-refractivity contribution in [3.63, 3.8) is 0 Å². The van der Waals surface area contributed by atoms with Gasteiger partial charge in [0, 0.05) is 12.1 Å². The van der Waals surface area contributed by atoms with Gasteiger partial charge in [-0.15, -0.1) is 0 Å².